The van der Waals surface area contributed by atoms with Crippen molar-refractivity contribution < 1.29 is 4.79 Å². The second-order valence-corrected chi connectivity index (χ2v) is 7.65. The van der Waals surface area contributed by atoms with Gasteiger partial charge < -0.3 is 4.90 Å². The molecular formula is C19H21N5O2S. The minimum atomic E-state index is -0.200. The van der Waals surface area contributed by atoms with Crippen molar-refractivity contribution in [2.45, 2.75) is 19.5 Å². The van der Waals surface area contributed by atoms with Gasteiger partial charge in [0.2, 0.25) is 5.91 Å². The van der Waals surface area contributed by atoms with Crippen LogP contribution < -0.4 is 5.56 Å². The highest BCUT2D eigenvalue weighted by molar-refractivity contribution is 7.09. The smallest absolute Gasteiger partial charge is 0.277 e. The fourth-order valence-electron chi connectivity index (χ4n) is 3.31. The molecule has 1 saturated heterocycles. The van der Waals surface area contributed by atoms with E-state index in [-0.39, 0.29) is 24.4 Å². The average molecular weight is 383 g/mol. The molecule has 0 radical (unpaired) electrons. The third-order valence-electron chi connectivity index (χ3n) is 4.85. The van der Waals surface area contributed by atoms with Crippen molar-refractivity contribution in [1.29, 1.82) is 0 Å². The van der Waals surface area contributed by atoms with Gasteiger partial charge in [0, 0.05) is 44.0 Å². The minimum Gasteiger partial charge on any atom is -0.340 e. The Morgan fingerprint density at radius 3 is 2.67 bits per heavy atom. The number of thiophene rings is 1. The monoisotopic (exact) mass is 383 g/mol. The Hall–Kier alpha value is -2.58. The zero-order valence-electron chi connectivity index (χ0n) is 15.0. The fourth-order valence-corrected chi connectivity index (χ4v) is 4.05. The van der Waals surface area contributed by atoms with E-state index < -0.39 is 0 Å². The number of amides is 1. The number of piperazine rings is 1. The summed E-state index contributed by atoms with van der Waals surface area (Å²) in [7, 11) is 0. The summed E-state index contributed by atoms with van der Waals surface area (Å²) < 4.78 is 1.28. The van der Waals surface area contributed by atoms with E-state index >= 15 is 0 Å². The second-order valence-electron chi connectivity index (χ2n) is 6.62. The van der Waals surface area contributed by atoms with Crippen molar-refractivity contribution >= 4 is 28.1 Å². The number of hydrogen-bond donors (Lipinski definition) is 0. The van der Waals surface area contributed by atoms with Gasteiger partial charge in [-0.2, -0.15) is 0 Å². The van der Waals surface area contributed by atoms with Gasteiger partial charge in [-0.3, -0.25) is 14.5 Å². The van der Waals surface area contributed by atoms with Crippen LogP contribution >= 0.6 is 11.3 Å². The van der Waals surface area contributed by atoms with Crippen molar-refractivity contribution in [2.75, 3.05) is 26.2 Å². The normalized spacial score (nSPS) is 15.3. The van der Waals surface area contributed by atoms with Gasteiger partial charge in [0.25, 0.3) is 5.56 Å². The molecule has 0 N–H and O–H groups in total. The molecule has 27 heavy (non-hydrogen) atoms. The number of carbonyl (C=O) groups is 1. The van der Waals surface area contributed by atoms with Crippen LogP contribution in [-0.4, -0.2) is 56.9 Å². The second kappa shape index (κ2) is 7.98. The first-order chi connectivity index (χ1) is 13.2. The molecule has 8 heteroatoms. The predicted molar refractivity (Wildman–Crippen MR) is 105 cm³/mol. The van der Waals surface area contributed by atoms with Gasteiger partial charge in [0.15, 0.2) is 0 Å². The number of aromatic nitrogens is 3. The van der Waals surface area contributed by atoms with E-state index in [0.29, 0.717) is 10.9 Å². The van der Waals surface area contributed by atoms with Crippen molar-refractivity contribution in [3.63, 3.8) is 0 Å². The van der Waals surface area contributed by atoms with Crippen LogP contribution in [0.1, 0.15) is 11.3 Å². The fraction of sp³-hybridized carbons (Fsp3) is 0.368. The summed E-state index contributed by atoms with van der Waals surface area (Å²) in [6.45, 7) is 4.40. The molecule has 1 aliphatic rings. The zero-order chi connectivity index (χ0) is 18.6. The topological polar surface area (TPSA) is 71.3 Å². The number of carbonyl (C=O) groups excluding carboxylic acids is 1. The summed E-state index contributed by atoms with van der Waals surface area (Å²) in [5.74, 6) is 0.0626. The van der Waals surface area contributed by atoms with E-state index in [2.05, 4.69) is 32.7 Å². The summed E-state index contributed by atoms with van der Waals surface area (Å²) in [4.78, 5) is 30.6. The number of benzene rings is 1. The molecule has 4 rings (SSSR count). The largest absolute Gasteiger partial charge is 0.340 e. The Morgan fingerprint density at radius 2 is 1.89 bits per heavy atom. The van der Waals surface area contributed by atoms with E-state index in [9.17, 15) is 9.59 Å². The van der Waals surface area contributed by atoms with Crippen LogP contribution in [0.15, 0.2) is 46.6 Å². The molecule has 0 spiro atoms. The lowest BCUT2D eigenvalue weighted by atomic mass is 10.2. The minimum absolute atomic E-state index is 0.0626. The Balaban J connectivity index is 1.31. The van der Waals surface area contributed by atoms with Gasteiger partial charge in [-0.15, -0.1) is 16.4 Å². The van der Waals surface area contributed by atoms with Gasteiger partial charge in [-0.25, -0.2) is 4.68 Å². The third-order valence-corrected chi connectivity index (χ3v) is 5.71. The zero-order valence-corrected chi connectivity index (χ0v) is 15.8. The van der Waals surface area contributed by atoms with Gasteiger partial charge >= 0.3 is 0 Å². The summed E-state index contributed by atoms with van der Waals surface area (Å²) >= 11 is 1.76. The molecule has 3 heterocycles. The highest BCUT2D eigenvalue weighted by Gasteiger charge is 2.21. The highest BCUT2D eigenvalue weighted by atomic mass is 32.1. The third kappa shape index (κ3) is 4.06. The van der Waals surface area contributed by atoms with Gasteiger partial charge in [0.1, 0.15) is 5.52 Å². The molecule has 7 nitrogen and oxygen atoms in total. The number of rotatable bonds is 5. The molecular weight excluding hydrogens is 362 g/mol. The van der Waals surface area contributed by atoms with Gasteiger partial charge in [0.05, 0.1) is 11.9 Å². The Kier molecular flexibility index (Phi) is 5.26. The van der Waals surface area contributed by atoms with Crippen LogP contribution in [0.5, 0.6) is 0 Å². The average Bonchev–Trinajstić information content (AvgIpc) is 3.21. The van der Waals surface area contributed by atoms with Crippen molar-refractivity contribution in [2.24, 2.45) is 0 Å². The van der Waals surface area contributed by atoms with Gasteiger partial charge in [-0.05, 0) is 23.6 Å². The maximum Gasteiger partial charge on any atom is 0.277 e. The first-order valence-corrected chi connectivity index (χ1v) is 9.94. The molecule has 1 aromatic carbocycles. The summed E-state index contributed by atoms with van der Waals surface area (Å²) in [6, 6.07) is 11.3. The van der Waals surface area contributed by atoms with Crippen LogP contribution in [0.4, 0.5) is 0 Å². The van der Waals surface area contributed by atoms with E-state index in [1.807, 2.05) is 11.0 Å². The maximum atomic E-state index is 12.5. The SMILES string of the molecule is O=C(CCn1nnc2ccccc2c1=O)N1CCN(Cc2cccs2)CC1. The van der Waals surface area contributed by atoms with Crippen molar-refractivity contribution in [3.8, 4) is 0 Å². The number of nitrogens with zero attached hydrogens (tertiary/aromatic N) is 5. The van der Waals surface area contributed by atoms with Crippen LogP contribution in [0.25, 0.3) is 10.9 Å². The molecule has 2 aromatic heterocycles. The Morgan fingerprint density at radius 1 is 1.07 bits per heavy atom. The molecule has 0 aliphatic carbocycles. The summed E-state index contributed by atoms with van der Waals surface area (Å²) in [5.41, 5.74) is 0.376. The first-order valence-electron chi connectivity index (χ1n) is 9.06. The lowest BCUT2D eigenvalue weighted by Crippen LogP contribution is -2.48. The molecule has 3 aromatic rings. The predicted octanol–water partition coefficient (Wildman–Crippen LogP) is 1.59. The Bertz CT molecular complexity index is 977. The molecule has 1 fully saturated rings. The molecule has 1 aliphatic heterocycles. The molecule has 0 unspecified atom stereocenters. The van der Waals surface area contributed by atoms with Gasteiger partial charge in [-0.1, -0.05) is 23.4 Å². The van der Waals surface area contributed by atoms with Crippen molar-refractivity contribution in [1.82, 2.24) is 24.8 Å². The summed E-state index contributed by atoms with van der Waals surface area (Å²) in [5, 5.41) is 10.6. The van der Waals surface area contributed by atoms with E-state index in [4.69, 9.17) is 0 Å². The van der Waals surface area contributed by atoms with E-state index in [0.717, 1.165) is 32.7 Å². The van der Waals surface area contributed by atoms with Crippen LogP contribution in [0.3, 0.4) is 0 Å². The molecule has 1 amide bonds. The molecule has 0 bridgehead atoms. The number of hydrogen-bond acceptors (Lipinski definition) is 6. The van der Waals surface area contributed by atoms with Crippen LogP contribution in [0.2, 0.25) is 0 Å². The Labute approximate surface area is 160 Å². The highest BCUT2D eigenvalue weighted by Crippen LogP contribution is 2.14. The standard InChI is InChI=1S/C19H21N5O2S/c25-18(23-11-9-22(10-12-23)14-15-4-3-13-27-15)7-8-24-19(26)16-5-1-2-6-17(16)20-21-24/h1-6,13H,7-12,14H2. The number of aryl methyl sites for hydroxylation is 1. The van der Waals surface area contributed by atoms with Crippen LogP contribution in [-0.2, 0) is 17.9 Å². The quantitative estimate of drug-likeness (QED) is 0.669. The van der Waals surface area contributed by atoms with E-state index in [1.54, 1.807) is 29.5 Å². The molecule has 0 atom stereocenters. The lowest BCUT2D eigenvalue weighted by molar-refractivity contribution is -0.133. The maximum absolute atomic E-state index is 12.5. The van der Waals surface area contributed by atoms with Crippen molar-refractivity contribution in [3.05, 3.63) is 57.0 Å². The molecule has 140 valence electrons. The summed E-state index contributed by atoms with van der Waals surface area (Å²) in [6.07, 6.45) is 0.262. The number of fused-ring (bicyclic) bond motifs is 1. The lowest BCUT2D eigenvalue weighted by Gasteiger charge is -2.34. The molecule has 0 saturated carbocycles. The van der Waals surface area contributed by atoms with E-state index in [1.165, 1.54) is 9.56 Å². The van der Waals surface area contributed by atoms with Crippen LogP contribution in [0, 0.1) is 0 Å². The first kappa shape index (κ1) is 17.8.